The lowest BCUT2D eigenvalue weighted by Gasteiger charge is -2.18. The van der Waals surface area contributed by atoms with Crippen molar-refractivity contribution in [3.8, 4) is 17.2 Å². The molecule has 0 bridgehead atoms. The van der Waals surface area contributed by atoms with Crippen molar-refractivity contribution in [1.82, 2.24) is 5.32 Å². The Balaban J connectivity index is 1.82. The Labute approximate surface area is 155 Å². The van der Waals surface area contributed by atoms with Gasteiger partial charge in [0.05, 0.1) is 13.7 Å². The lowest BCUT2D eigenvalue weighted by molar-refractivity contribution is -0.128. The van der Waals surface area contributed by atoms with Gasteiger partial charge in [0.1, 0.15) is 23.9 Å². The molecule has 2 aromatic rings. The van der Waals surface area contributed by atoms with Crippen LogP contribution in [0.4, 0.5) is 0 Å². The maximum Gasteiger partial charge on any atom is 0.261 e. The van der Waals surface area contributed by atoms with Crippen molar-refractivity contribution >= 4 is 5.91 Å². The smallest absolute Gasteiger partial charge is 0.261 e. The second-order valence-corrected chi connectivity index (χ2v) is 6.10. The molecule has 5 heteroatoms. The summed E-state index contributed by atoms with van der Waals surface area (Å²) in [7, 11) is 1.60. The van der Waals surface area contributed by atoms with Gasteiger partial charge in [0, 0.05) is 6.07 Å². The molecule has 0 saturated carbocycles. The Morgan fingerprint density at radius 3 is 2.62 bits per heavy atom. The fraction of sp³-hybridized carbons (Fsp3) is 0.381. The largest absolute Gasteiger partial charge is 0.497 e. The lowest BCUT2D eigenvalue weighted by Crippen LogP contribution is -2.39. The number of benzene rings is 2. The number of carbonyl (C=O) groups is 1. The Hall–Kier alpha value is -2.69. The molecule has 0 saturated heterocycles. The molecule has 5 nitrogen and oxygen atoms in total. The van der Waals surface area contributed by atoms with Crippen LogP contribution in [-0.4, -0.2) is 32.3 Å². The SMILES string of the molecule is CC[C@@H](Oc1cccc(OC)c1)C(=O)NCCOc1cc(C)ccc1C. The molecule has 2 aromatic carbocycles. The second kappa shape index (κ2) is 9.70. The van der Waals surface area contributed by atoms with E-state index in [2.05, 4.69) is 5.32 Å². The number of aryl methyl sites for hydroxylation is 2. The topological polar surface area (TPSA) is 56.8 Å². The van der Waals surface area contributed by atoms with Gasteiger partial charge in [-0.05, 0) is 49.6 Å². The van der Waals surface area contributed by atoms with Crippen LogP contribution in [0.2, 0.25) is 0 Å². The van der Waals surface area contributed by atoms with Crippen LogP contribution in [0.25, 0.3) is 0 Å². The van der Waals surface area contributed by atoms with E-state index in [1.807, 2.05) is 57.2 Å². The minimum Gasteiger partial charge on any atom is -0.497 e. The second-order valence-electron chi connectivity index (χ2n) is 6.10. The van der Waals surface area contributed by atoms with Gasteiger partial charge >= 0.3 is 0 Å². The van der Waals surface area contributed by atoms with Crippen molar-refractivity contribution in [3.63, 3.8) is 0 Å². The van der Waals surface area contributed by atoms with Crippen LogP contribution >= 0.6 is 0 Å². The van der Waals surface area contributed by atoms with E-state index >= 15 is 0 Å². The molecule has 26 heavy (non-hydrogen) atoms. The summed E-state index contributed by atoms with van der Waals surface area (Å²) < 4.78 is 16.7. The van der Waals surface area contributed by atoms with Gasteiger partial charge in [0.15, 0.2) is 6.10 Å². The van der Waals surface area contributed by atoms with Crippen LogP contribution < -0.4 is 19.5 Å². The van der Waals surface area contributed by atoms with Crippen LogP contribution in [0.3, 0.4) is 0 Å². The Bertz CT molecular complexity index is 730. The van der Waals surface area contributed by atoms with Gasteiger partial charge in [-0.1, -0.05) is 25.1 Å². The third kappa shape index (κ3) is 5.69. The quantitative estimate of drug-likeness (QED) is 0.696. The molecular formula is C21H27NO4. The van der Waals surface area contributed by atoms with Gasteiger partial charge < -0.3 is 19.5 Å². The summed E-state index contributed by atoms with van der Waals surface area (Å²) in [4.78, 5) is 12.3. The van der Waals surface area contributed by atoms with Crippen LogP contribution in [0.5, 0.6) is 17.2 Å². The highest BCUT2D eigenvalue weighted by molar-refractivity contribution is 5.81. The minimum absolute atomic E-state index is 0.153. The molecule has 0 radical (unpaired) electrons. The van der Waals surface area contributed by atoms with Gasteiger partial charge in [0.25, 0.3) is 5.91 Å². The zero-order valence-electron chi connectivity index (χ0n) is 15.9. The molecule has 0 heterocycles. The van der Waals surface area contributed by atoms with E-state index in [9.17, 15) is 4.79 Å². The summed E-state index contributed by atoms with van der Waals surface area (Å²) in [5.74, 6) is 2.00. The van der Waals surface area contributed by atoms with Crippen LogP contribution in [0.1, 0.15) is 24.5 Å². The lowest BCUT2D eigenvalue weighted by atomic mass is 10.1. The molecule has 0 aliphatic carbocycles. The predicted molar refractivity (Wildman–Crippen MR) is 102 cm³/mol. The first kappa shape index (κ1) is 19.6. The van der Waals surface area contributed by atoms with E-state index in [4.69, 9.17) is 14.2 Å². The van der Waals surface area contributed by atoms with E-state index in [0.29, 0.717) is 31.1 Å². The van der Waals surface area contributed by atoms with Crippen LogP contribution in [0.15, 0.2) is 42.5 Å². The Morgan fingerprint density at radius 2 is 1.88 bits per heavy atom. The molecule has 0 aromatic heterocycles. The number of methoxy groups -OCH3 is 1. The zero-order chi connectivity index (χ0) is 18.9. The first-order valence-electron chi connectivity index (χ1n) is 8.82. The third-order valence-corrected chi connectivity index (χ3v) is 3.99. The summed E-state index contributed by atoms with van der Waals surface area (Å²) in [6, 6.07) is 13.3. The Morgan fingerprint density at radius 1 is 1.12 bits per heavy atom. The van der Waals surface area contributed by atoms with Gasteiger partial charge in [-0.25, -0.2) is 0 Å². The standard InChI is InChI=1S/C21H27NO4/c1-5-19(26-18-8-6-7-17(14-18)24-4)21(23)22-11-12-25-20-13-15(2)9-10-16(20)3/h6-10,13-14,19H,5,11-12H2,1-4H3,(H,22,23)/t19-/m1/s1. The molecule has 0 spiro atoms. The maximum absolute atomic E-state index is 12.3. The summed E-state index contributed by atoms with van der Waals surface area (Å²) in [5, 5.41) is 2.87. The third-order valence-electron chi connectivity index (χ3n) is 3.99. The van der Waals surface area contributed by atoms with E-state index < -0.39 is 6.10 Å². The summed E-state index contributed by atoms with van der Waals surface area (Å²) >= 11 is 0. The number of rotatable bonds is 9. The number of carbonyl (C=O) groups excluding carboxylic acids is 1. The van der Waals surface area contributed by atoms with Crippen LogP contribution in [-0.2, 0) is 4.79 Å². The van der Waals surface area contributed by atoms with Crippen molar-refractivity contribution in [2.75, 3.05) is 20.3 Å². The summed E-state index contributed by atoms with van der Waals surface area (Å²) in [6.45, 7) is 6.77. The fourth-order valence-corrected chi connectivity index (χ4v) is 2.47. The average Bonchev–Trinajstić information content (AvgIpc) is 2.65. The normalized spacial score (nSPS) is 11.5. The van der Waals surface area contributed by atoms with Crippen molar-refractivity contribution in [2.45, 2.75) is 33.3 Å². The van der Waals surface area contributed by atoms with Gasteiger partial charge in [-0.15, -0.1) is 0 Å². The molecule has 0 aliphatic heterocycles. The summed E-state index contributed by atoms with van der Waals surface area (Å²) in [5.41, 5.74) is 2.22. The van der Waals surface area contributed by atoms with Crippen molar-refractivity contribution in [1.29, 1.82) is 0 Å². The maximum atomic E-state index is 12.3. The molecule has 1 N–H and O–H groups in total. The van der Waals surface area contributed by atoms with Crippen LogP contribution in [0, 0.1) is 13.8 Å². The van der Waals surface area contributed by atoms with E-state index in [1.165, 1.54) is 0 Å². The number of hydrogen-bond donors (Lipinski definition) is 1. The monoisotopic (exact) mass is 357 g/mol. The fourth-order valence-electron chi connectivity index (χ4n) is 2.47. The number of amides is 1. The first-order valence-corrected chi connectivity index (χ1v) is 8.82. The highest BCUT2D eigenvalue weighted by Gasteiger charge is 2.18. The molecular weight excluding hydrogens is 330 g/mol. The molecule has 2 rings (SSSR count). The highest BCUT2D eigenvalue weighted by Crippen LogP contribution is 2.21. The Kier molecular flexibility index (Phi) is 7.33. The highest BCUT2D eigenvalue weighted by atomic mass is 16.5. The molecule has 1 amide bonds. The predicted octanol–water partition coefficient (Wildman–Crippen LogP) is 3.66. The number of ether oxygens (including phenoxy) is 3. The average molecular weight is 357 g/mol. The minimum atomic E-state index is -0.553. The molecule has 0 unspecified atom stereocenters. The van der Waals surface area contributed by atoms with Gasteiger partial charge in [-0.2, -0.15) is 0 Å². The van der Waals surface area contributed by atoms with Crippen molar-refractivity contribution in [3.05, 3.63) is 53.6 Å². The molecule has 140 valence electrons. The molecule has 0 fully saturated rings. The van der Waals surface area contributed by atoms with Gasteiger partial charge in [0.2, 0.25) is 0 Å². The molecule has 1 atom stereocenters. The molecule has 0 aliphatic rings. The van der Waals surface area contributed by atoms with Crippen molar-refractivity contribution in [2.24, 2.45) is 0 Å². The van der Waals surface area contributed by atoms with E-state index in [1.54, 1.807) is 13.2 Å². The summed E-state index contributed by atoms with van der Waals surface area (Å²) in [6.07, 6.45) is 0.0174. The van der Waals surface area contributed by atoms with Gasteiger partial charge in [-0.3, -0.25) is 4.79 Å². The first-order chi connectivity index (χ1) is 12.5. The van der Waals surface area contributed by atoms with E-state index in [-0.39, 0.29) is 5.91 Å². The zero-order valence-corrected chi connectivity index (χ0v) is 15.9. The number of hydrogen-bond acceptors (Lipinski definition) is 4. The van der Waals surface area contributed by atoms with Crippen molar-refractivity contribution < 1.29 is 19.0 Å². The number of nitrogens with one attached hydrogen (secondary N) is 1. The van der Waals surface area contributed by atoms with E-state index in [0.717, 1.165) is 16.9 Å².